The summed E-state index contributed by atoms with van der Waals surface area (Å²) in [7, 11) is 0. The first-order chi connectivity index (χ1) is 11.5. The Hall–Kier alpha value is -2.83. The Morgan fingerprint density at radius 3 is 2.58 bits per heavy atom. The molecule has 3 aromatic rings. The highest BCUT2D eigenvalue weighted by molar-refractivity contribution is 7.22. The van der Waals surface area contributed by atoms with Gasteiger partial charge in [-0.05, 0) is 24.3 Å². The Bertz CT molecular complexity index is 977. The lowest BCUT2D eigenvalue weighted by Gasteiger charge is -2.06. The van der Waals surface area contributed by atoms with Gasteiger partial charge in [-0.2, -0.15) is 5.26 Å². The normalized spacial score (nSPS) is 10.4. The van der Waals surface area contributed by atoms with E-state index in [2.05, 4.69) is 20.6 Å². The van der Waals surface area contributed by atoms with Crippen LogP contribution in [-0.4, -0.2) is 16.0 Å². The Labute approximate surface area is 142 Å². The van der Waals surface area contributed by atoms with E-state index in [4.69, 9.17) is 16.9 Å². The van der Waals surface area contributed by atoms with Gasteiger partial charge in [0.25, 0.3) is 0 Å². The molecule has 0 spiro atoms. The number of urea groups is 1. The SMILES string of the molecule is N#Cc1c(F)cc(NC(=O)Nc2nc3ccc(Cl)nc3s2)cc1F. The topological polar surface area (TPSA) is 90.7 Å². The largest absolute Gasteiger partial charge is 0.325 e. The van der Waals surface area contributed by atoms with Crippen LogP contribution in [0, 0.1) is 23.0 Å². The van der Waals surface area contributed by atoms with E-state index >= 15 is 0 Å². The third-order valence-corrected chi connectivity index (χ3v) is 3.94. The zero-order valence-corrected chi connectivity index (χ0v) is 13.2. The molecule has 0 saturated carbocycles. The molecular formula is C14H6ClF2N5OS. The number of carbonyl (C=O) groups excluding carboxylic acids is 1. The number of nitrogens with one attached hydrogen (secondary N) is 2. The molecule has 2 aromatic heterocycles. The van der Waals surface area contributed by atoms with Gasteiger partial charge in [0, 0.05) is 5.69 Å². The number of fused-ring (bicyclic) bond motifs is 1. The van der Waals surface area contributed by atoms with Crippen LogP contribution in [0.1, 0.15) is 5.56 Å². The van der Waals surface area contributed by atoms with Crippen LogP contribution < -0.4 is 10.6 Å². The number of anilines is 2. The van der Waals surface area contributed by atoms with Crippen molar-refractivity contribution in [2.75, 3.05) is 10.6 Å². The lowest BCUT2D eigenvalue weighted by atomic mass is 10.2. The van der Waals surface area contributed by atoms with Crippen LogP contribution in [0.2, 0.25) is 5.15 Å². The first-order valence-corrected chi connectivity index (χ1v) is 7.56. The molecule has 0 atom stereocenters. The van der Waals surface area contributed by atoms with Gasteiger partial charge in [0.05, 0.1) is 0 Å². The summed E-state index contributed by atoms with van der Waals surface area (Å²) in [5.41, 5.74) is -0.297. The van der Waals surface area contributed by atoms with Crippen molar-refractivity contribution in [3.8, 4) is 6.07 Å². The highest BCUT2D eigenvalue weighted by atomic mass is 35.5. The Morgan fingerprint density at radius 1 is 1.21 bits per heavy atom. The van der Waals surface area contributed by atoms with E-state index in [9.17, 15) is 13.6 Å². The lowest BCUT2D eigenvalue weighted by molar-refractivity contribution is 0.262. The molecule has 2 amide bonds. The summed E-state index contributed by atoms with van der Waals surface area (Å²) >= 11 is 6.86. The smallest absolute Gasteiger partial charge is 0.307 e. The van der Waals surface area contributed by atoms with E-state index in [0.717, 1.165) is 23.5 Å². The molecule has 2 heterocycles. The summed E-state index contributed by atoms with van der Waals surface area (Å²) in [4.78, 5) is 20.6. The van der Waals surface area contributed by atoms with E-state index in [1.807, 2.05) is 0 Å². The number of nitrogens with zero attached hydrogens (tertiary/aromatic N) is 3. The molecular weight excluding hydrogens is 360 g/mol. The highest BCUT2D eigenvalue weighted by Crippen LogP contribution is 2.26. The number of nitriles is 1. The number of pyridine rings is 1. The van der Waals surface area contributed by atoms with Gasteiger partial charge in [-0.15, -0.1) is 0 Å². The fraction of sp³-hybridized carbons (Fsp3) is 0. The van der Waals surface area contributed by atoms with Gasteiger partial charge in [0.1, 0.15) is 38.8 Å². The minimum absolute atomic E-state index is 0.135. The average Bonchev–Trinajstić information content (AvgIpc) is 2.87. The summed E-state index contributed by atoms with van der Waals surface area (Å²) in [5.74, 6) is -2.13. The van der Waals surface area contributed by atoms with E-state index in [-0.39, 0.29) is 10.8 Å². The van der Waals surface area contributed by atoms with E-state index in [0.29, 0.717) is 15.5 Å². The molecule has 0 saturated heterocycles. The molecule has 0 bridgehead atoms. The number of hydrogen-bond donors (Lipinski definition) is 2. The third kappa shape index (κ3) is 3.24. The van der Waals surface area contributed by atoms with Crippen molar-refractivity contribution in [3.63, 3.8) is 0 Å². The van der Waals surface area contributed by atoms with E-state index in [1.54, 1.807) is 12.1 Å². The van der Waals surface area contributed by atoms with Crippen LogP contribution >= 0.6 is 22.9 Å². The van der Waals surface area contributed by atoms with Gasteiger partial charge in [-0.3, -0.25) is 5.32 Å². The second-order valence-corrected chi connectivity index (χ2v) is 5.85. The monoisotopic (exact) mass is 365 g/mol. The number of rotatable bonds is 2. The standard InChI is InChI=1S/C14H6ClF2N5OS/c15-11-2-1-10-12(21-11)24-14(20-10)22-13(23)19-6-3-8(16)7(5-18)9(17)4-6/h1-4H,(H2,19,20,22,23). The van der Waals surface area contributed by atoms with Crippen molar-refractivity contribution in [1.82, 2.24) is 9.97 Å². The molecule has 1 aromatic carbocycles. The maximum atomic E-state index is 13.5. The van der Waals surface area contributed by atoms with E-state index < -0.39 is 23.2 Å². The van der Waals surface area contributed by atoms with Crippen molar-refractivity contribution in [3.05, 3.63) is 46.6 Å². The second-order valence-electron chi connectivity index (χ2n) is 4.48. The maximum absolute atomic E-state index is 13.5. The predicted octanol–water partition coefficient (Wildman–Crippen LogP) is 4.14. The highest BCUT2D eigenvalue weighted by Gasteiger charge is 2.13. The minimum Gasteiger partial charge on any atom is -0.307 e. The van der Waals surface area contributed by atoms with Gasteiger partial charge in [0.15, 0.2) is 5.13 Å². The summed E-state index contributed by atoms with van der Waals surface area (Å²) in [6.07, 6.45) is 0. The van der Waals surface area contributed by atoms with Crippen molar-refractivity contribution >= 4 is 50.1 Å². The van der Waals surface area contributed by atoms with Crippen molar-refractivity contribution in [1.29, 1.82) is 5.26 Å². The van der Waals surface area contributed by atoms with Gasteiger partial charge < -0.3 is 5.32 Å². The van der Waals surface area contributed by atoms with Gasteiger partial charge in [0.2, 0.25) is 0 Å². The molecule has 0 radical (unpaired) electrons. The Kier molecular flexibility index (Phi) is 4.24. The maximum Gasteiger partial charge on any atom is 0.325 e. The van der Waals surface area contributed by atoms with Crippen LogP contribution in [0.5, 0.6) is 0 Å². The third-order valence-electron chi connectivity index (χ3n) is 2.85. The first kappa shape index (κ1) is 16.0. The number of benzene rings is 1. The fourth-order valence-electron chi connectivity index (χ4n) is 1.86. The molecule has 0 unspecified atom stereocenters. The number of aromatic nitrogens is 2. The van der Waals surface area contributed by atoms with Crippen LogP contribution in [0.25, 0.3) is 10.3 Å². The van der Waals surface area contributed by atoms with E-state index in [1.165, 1.54) is 6.07 Å². The number of carbonyl (C=O) groups is 1. The van der Waals surface area contributed by atoms with Crippen LogP contribution in [-0.2, 0) is 0 Å². The quantitative estimate of drug-likeness (QED) is 0.668. The molecule has 10 heteroatoms. The number of halogens is 3. The lowest BCUT2D eigenvalue weighted by Crippen LogP contribution is -2.19. The summed E-state index contributed by atoms with van der Waals surface area (Å²) in [5, 5.41) is 13.8. The summed E-state index contributed by atoms with van der Waals surface area (Å²) < 4.78 is 27.0. The minimum atomic E-state index is -1.06. The molecule has 6 nitrogen and oxygen atoms in total. The second kappa shape index (κ2) is 6.35. The molecule has 0 aliphatic rings. The zero-order valence-electron chi connectivity index (χ0n) is 11.6. The van der Waals surface area contributed by atoms with Gasteiger partial charge in [-0.25, -0.2) is 23.5 Å². The average molecular weight is 366 g/mol. The molecule has 3 rings (SSSR count). The number of thiazole rings is 1. The number of hydrogen-bond acceptors (Lipinski definition) is 5. The molecule has 0 aliphatic carbocycles. The van der Waals surface area contributed by atoms with Gasteiger partial charge in [-0.1, -0.05) is 22.9 Å². The molecule has 0 aliphatic heterocycles. The summed E-state index contributed by atoms with van der Waals surface area (Å²) in [6.45, 7) is 0. The van der Waals surface area contributed by atoms with Crippen molar-refractivity contribution < 1.29 is 13.6 Å². The Balaban J connectivity index is 1.76. The first-order valence-electron chi connectivity index (χ1n) is 6.36. The zero-order chi connectivity index (χ0) is 17.3. The van der Waals surface area contributed by atoms with Crippen LogP contribution in [0.3, 0.4) is 0 Å². The molecule has 0 fully saturated rings. The molecule has 24 heavy (non-hydrogen) atoms. The summed E-state index contributed by atoms with van der Waals surface area (Å²) in [6, 6.07) is 5.56. The molecule has 2 N–H and O–H groups in total. The number of amides is 2. The molecule has 120 valence electrons. The van der Waals surface area contributed by atoms with Crippen molar-refractivity contribution in [2.24, 2.45) is 0 Å². The Morgan fingerprint density at radius 2 is 1.92 bits per heavy atom. The van der Waals surface area contributed by atoms with Crippen LogP contribution in [0.4, 0.5) is 24.4 Å². The van der Waals surface area contributed by atoms with Crippen LogP contribution in [0.15, 0.2) is 24.3 Å². The predicted molar refractivity (Wildman–Crippen MR) is 86.1 cm³/mol. The van der Waals surface area contributed by atoms with Crippen molar-refractivity contribution in [2.45, 2.75) is 0 Å². The van der Waals surface area contributed by atoms with Gasteiger partial charge >= 0.3 is 6.03 Å². The fourth-order valence-corrected chi connectivity index (χ4v) is 2.89.